The molecule has 0 aromatic rings. The minimum Gasteiger partial charge on any atom is -0.468 e. The molecule has 1 unspecified atom stereocenters. The first-order chi connectivity index (χ1) is 6.22. The van der Waals surface area contributed by atoms with Gasteiger partial charge in [0.1, 0.15) is 4.83 Å². The second-order valence-electron chi connectivity index (χ2n) is 2.39. The van der Waals surface area contributed by atoms with Crippen molar-refractivity contribution >= 4 is 21.9 Å². The van der Waals surface area contributed by atoms with Gasteiger partial charge in [-0.15, -0.1) is 0 Å². The van der Waals surface area contributed by atoms with E-state index in [2.05, 4.69) is 26.0 Å². The number of methoxy groups -OCH3 is 1. The van der Waals surface area contributed by atoms with Gasteiger partial charge in [0.2, 0.25) is 0 Å². The Bertz CT molecular complexity index is 143. The quantitative estimate of drug-likeness (QED) is 0.409. The van der Waals surface area contributed by atoms with Crippen LogP contribution in [-0.2, 0) is 14.3 Å². The van der Waals surface area contributed by atoms with E-state index in [0.717, 1.165) is 13.2 Å². The molecular weight excluding hydrogens is 238 g/mol. The zero-order valence-electron chi connectivity index (χ0n) is 8.01. The lowest BCUT2D eigenvalue weighted by atomic mass is 10.4. The van der Waals surface area contributed by atoms with Gasteiger partial charge in [-0.3, -0.25) is 4.79 Å². The number of hydrogen-bond donors (Lipinski definition) is 1. The monoisotopic (exact) mass is 253 g/mol. The van der Waals surface area contributed by atoms with Crippen LogP contribution in [0.15, 0.2) is 0 Å². The zero-order chi connectivity index (χ0) is 10.1. The van der Waals surface area contributed by atoms with Crippen molar-refractivity contribution in [3.8, 4) is 0 Å². The molecule has 0 aromatic carbocycles. The minimum absolute atomic E-state index is 0.260. The third kappa shape index (κ3) is 6.98. The molecule has 0 heterocycles. The first kappa shape index (κ1) is 12.9. The number of hydrogen-bond acceptors (Lipinski definition) is 4. The van der Waals surface area contributed by atoms with Crippen molar-refractivity contribution in [2.75, 3.05) is 33.4 Å². The van der Waals surface area contributed by atoms with Gasteiger partial charge < -0.3 is 14.8 Å². The molecule has 5 heteroatoms. The lowest BCUT2D eigenvalue weighted by Gasteiger charge is -2.08. The lowest BCUT2D eigenvalue weighted by molar-refractivity contribution is -0.139. The molecule has 0 saturated heterocycles. The summed E-state index contributed by atoms with van der Waals surface area (Å²) in [5.41, 5.74) is 0. The standard InChI is InChI=1S/C8H16BrNO3/c1-3-13-5-4-10-6-7(9)8(11)12-2/h7,10H,3-6H2,1-2H3. The zero-order valence-corrected chi connectivity index (χ0v) is 9.59. The van der Waals surface area contributed by atoms with E-state index in [4.69, 9.17) is 4.74 Å². The van der Waals surface area contributed by atoms with Gasteiger partial charge in [0.15, 0.2) is 0 Å². The van der Waals surface area contributed by atoms with Crippen LogP contribution >= 0.6 is 15.9 Å². The average molecular weight is 254 g/mol. The summed E-state index contributed by atoms with van der Waals surface area (Å²) in [5, 5.41) is 3.06. The molecule has 0 fully saturated rings. The third-order valence-corrected chi connectivity index (χ3v) is 2.11. The van der Waals surface area contributed by atoms with Crippen LogP contribution in [0.25, 0.3) is 0 Å². The highest BCUT2D eigenvalue weighted by Gasteiger charge is 2.13. The number of esters is 1. The van der Waals surface area contributed by atoms with Crippen molar-refractivity contribution in [2.45, 2.75) is 11.8 Å². The number of alkyl halides is 1. The molecule has 0 rings (SSSR count). The molecule has 0 spiro atoms. The Kier molecular flexibility index (Phi) is 8.38. The second kappa shape index (κ2) is 8.47. The Labute approximate surface area is 87.1 Å². The van der Waals surface area contributed by atoms with E-state index in [-0.39, 0.29) is 10.8 Å². The van der Waals surface area contributed by atoms with Gasteiger partial charge in [-0.2, -0.15) is 0 Å². The maximum Gasteiger partial charge on any atom is 0.320 e. The Hall–Kier alpha value is -0.130. The average Bonchev–Trinajstić information content (AvgIpc) is 2.16. The summed E-state index contributed by atoms with van der Waals surface area (Å²) in [6, 6.07) is 0. The van der Waals surface area contributed by atoms with Crippen molar-refractivity contribution in [1.29, 1.82) is 0 Å². The van der Waals surface area contributed by atoms with E-state index in [0.29, 0.717) is 13.2 Å². The number of nitrogens with one attached hydrogen (secondary N) is 1. The summed E-state index contributed by atoms with van der Waals surface area (Å²) in [7, 11) is 1.37. The number of carbonyl (C=O) groups is 1. The molecule has 0 aliphatic rings. The Morgan fingerprint density at radius 1 is 1.62 bits per heavy atom. The maximum atomic E-state index is 10.9. The highest BCUT2D eigenvalue weighted by molar-refractivity contribution is 9.10. The fourth-order valence-electron chi connectivity index (χ4n) is 0.729. The fourth-order valence-corrected chi connectivity index (χ4v) is 1.14. The molecule has 0 bridgehead atoms. The SMILES string of the molecule is CCOCCNCC(Br)C(=O)OC. The molecule has 78 valence electrons. The van der Waals surface area contributed by atoms with Crippen LogP contribution in [0.5, 0.6) is 0 Å². The first-order valence-corrected chi connectivity index (χ1v) is 5.14. The normalized spacial score (nSPS) is 12.5. The van der Waals surface area contributed by atoms with E-state index in [9.17, 15) is 4.79 Å². The van der Waals surface area contributed by atoms with Crippen LogP contribution in [0.4, 0.5) is 0 Å². The van der Waals surface area contributed by atoms with Crippen LogP contribution in [-0.4, -0.2) is 44.2 Å². The third-order valence-electron chi connectivity index (χ3n) is 1.41. The van der Waals surface area contributed by atoms with Crippen LogP contribution in [0, 0.1) is 0 Å². The van der Waals surface area contributed by atoms with Crippen molar-refractivity contribution in [3.63, 3.8) is 0 Å². The molecule has 13 heavy (non-hydrogen) atoms. The topological polar surface area (TPSA) is 47.6 Å². The number of rotatable bonds is 7. The van der Waals surface area contributed by atoms with Gasteiger partial charge in [0.05, 0.1) is 13.7 Å². The van der Waals surface area contributed by atoms with Crippen molar-refractivity contribution in [3.05, 3.63) is 0 Å². The molecule has 0 radical (unpaired) electrons. The number of halogens is 1. The van der Waals surface area contributed by atoms with Gasteiger partial charge in [0.25, 0.3) is 0 Å². The van der Waals surface area contributed by atoms with Gasteiger partial charge in [0, 0.05) is 19.7 Å². The molecule has 0 aliphatic heterocycles. The van der Waals surface area contributed by atoms with Crippen LogP contribution in [0.2, 0.25) is 0 Å². The summed E-state index contributed by atoms with van der Waals surface area (Å²) in [5.74, 6) is -0.260. The Morgan fingerprint density at radius 2 is 2.31 bits per heavy atom. The molecule has 0 saturated carbocycles. The molecule has 1 atom stereocenters. The lowest BCUT2D eigenvalue weighted by Crippen LogP contribution is -2.31. The minimum atomic E-state index is -0.279. The smallest absolute Gasteiger partial charge is 0.320 e. The van der Waals surface area contributed by atoms with Gasteiger partial charge in [-0.1, -0.05) is 15.9 Å². The van der Waals surface area contributed by atoms with E-state index < -0.39 is 0 Å². The fraction of sp³-hybridized carbons (Fsp3) is 0.875. The molecule has 0 aromatic heterocycles. The van der Waals surface area contributed by atoms with Gasteiger partial charge >= 0.3 is 5.97 Å². The first-order valence-electron chi connectivity index (χ1n) is 4.22. The van der Waals surface area contributed by atoms with Crippen molar-refractivity contribution < 1.29 is 14.3 Å². The molecule has 0 amide bonds. The summed E-state index contributed by atoms with van der Waals surface area (Å²) < 4.78 is 9.64. The summed E-state index contributed by atoms with van der Waals surface area (Å²) in [6.45, 7) is 4.63. The predicted molar refractivity (Wildman–Crippen MR) is 54.1 cm³/mol. The molecule has 4 nitrogen and oxygen atoms in total. The van der Waals surface area contributed by atoms with Crippen molar-refractivity contribution in [1.82, 2.24) is 5.32 Å². The Morgan fingerprint density at radius 3 is 2.85 bits per heavy atom. The van der Waals surface area contributed by atoms with E-state index in [1.54, 1.807) is 0 Å². The maximum absolute atomic E-state index is 10.9. The van der Waals surface area contributed by atoms with Gasteiger partial charge in [-0.25, -0.2) is 0 Å². The largest absolute Gasteiger partial charge is 0.468 e. The molecule has 0 aliphatic carbocycles. The van der Waals surface area contributed by atoms with Gasteiger partial charge in [-0.05, 0) is 6.92 Å². The molecule has 1 N–H and O–H groups in total. The summed E-state index contributed by atoms with van der Waals surface area (Å²) >= 11 is 3.19. The highest BCUT2D eigenvalue weighted by atomic mass is 79.9. The summed E-state index contributed by atoms with van der Waals surface area (Å²) in [4.78, 5) is 10.6. The molecular formula is C8H16BrNO3. The summed E-state index contributed by atoms with van der Waals surface area (Å²) in [6.07, 6.45) is 0. The van der Waals surface area contributed by atoms with Crippen LogP contribution < -0.4 is 5.32 Å². The number of carbonyl (C=O) groups excluding carboxylic acids is 1. The van der Waals surface area contributed by atoms with Crippen molar-refractivity contribution in [2.24, 2.45) is 0 Å². The van der Waals surface area contributed by atoms with E-state index >= 15 is 0 Å². The van der Waals surface area contributed by atoms with Crippen LogP contribution in [0.1, 0.15) is 6.92 Å². The predicted octanol–water partition coefficient (Wildman–Crippen LogP) is 0.549. The number of ether oxygens (including phenoxy) is 2. The van der Waals surface area contributed by atoms with Crippen LogP contribution in [0.3, 0.4) is 0 Å². The van der Waals surface area contributed by atoms with E-state index in [1.807, 2.05) is 6.92 Å². The van der Waals surface area contributed by atoms with E-state index in [1.165, 1.54) is 7.11 Å². The Balaban J connectivity index is 3.26. The highest BCUT2D eigenvalue weighted by Crippen LogP contribution is 1.99. The second-order valence-corrected chi connectivity index (χ2v) is 3.50.